The van der Waals surface area contributed by atoms with Gasteiger partial charge in [0, 0.05) is 19.4 Å². The van der Waals surface area contributed by atoms with Crippen molar-refractivity contribution in [3.8, 4) is 0 Å². The summed E-state index contributed by atoms with van der Waals surface area (Å²) in [6.07, 6.45) is 4.93. The van der Waals surface area contributed by atoms with Crippen molar-refractivity contribution in [1.29, 1.82) is 0 Å². The number of imidazole rings is 1. The Morgan fingerprint density at radius 1 is 1.50 bits per heavy atom. The van der Waals surface area contributed by atoms with Gasteiger partial charge in [-0.3, -0.25) is 0 Å². The minimum Gasteiger partial charge on any atom is -0.337 e. The second kappa shape index (κ2) is 5.15. The molecule has 3 heteroatoms. The van der Waals surface area contributed by atoms with Gasteiger partial charge in [-0.05, 0) is 18.9 Å². The molecule has 0 aliphatic rings. The topological polar surface area (TPSA) is 29.9 Å². The number of nitrogens with zero attached hydrogens (tertiary/aromatic N) is 2. The number of rotatable bonds is 5. The van der Waals surface area contributed by atoms with Crippen LogP contribution in [-0.2, 0) is 7.05 Å². The molecule has 3 nitrogen and oxygen atoms in total. The smallest absolute Gasteiger partial charge is 0.125 e. The van der Waals surface area contributed by atoms with Gasteiger partial charge >= 0.3 is 0 Å². The van der Waals surface area contributed by atoms with E-state index in [4.69, 9.17) is 0 Å². The predicted octanol–water partition coefficient (Wildman–Crippen LogP) is 2.12. The van der Waals surface area contributed by atoms with Gasteiger partial charge in [-0.15, -0.1) is 0 Å². The molecule has 1 aromatic heterocycles. The SMILES string of the molecule is CCC(NCC(C)C)c1nccn1C. The van der Waals surface area contributed by atoms with Crippen LogP contribution in [0, 0.1) is 5.92 Å². The van der Waals surface area contributed by atoms with Crippen LogP contribution in [0.5, 0.6) is 0 Å². The van der Waals surface area contributed by atoms with Gasteiger partial charge in [0.25, 0.3) is 0 Å². The van der Waals surface area contributed by atoms with Crippen LogP contribution in [0.4, 0.5) is 0 Å². The Morgan fingerprint density at radius 2 is 2.21 bits per heavy atom. The maximum absolute atomic E-state index is 4.37. The van der Waals surface area contributed by atoms with Crippen molar-refractivity contribution in [2.75, 3.05) is 6.54 Å². The highest BCUT2D eigenvalue weighted by Gasteiger charge is 2.12. The van der Waals surface area contributed by atoms with Crippen LogP contribution in [0.15, 0.2) is 12.4 Å². The fraction of sp³-hybridized carbons (Fsp3) is 0.727. The van der Waals surface area contributed by atoms with Gasteiger partial charge in [0.1, 0.15) is 5.82 Å². The Kier molecular flexibility index (Phi) is 4.14. The Hall–Kier alpha value is -0.830. The summed E-state index contributed by atoms with van der Waals surface area (Å²) >= 11 is 0. The summed E-state index contributed by atoms with van der Waals surface area (Å²) in [7, 11) is 2.04. The van der Waals surface area contributed by atoms with E-state index in [1.165, 1.54) is 0 Å². The third-order valence-electron chi connectivity index (χ3n) is 2.35. The van der Waals surface area contributed by atoms with Gasteiger partial charge in [0.05, 0.1) is 6.04 Å². The summed E-state index contributed by atoms with van der Waals surface area (Å²) in [5.41, 5.74) is 0. The third-order valence-corrected chi connectivity index (χ3v) is 2.35. The molecule has 1 unspecified atom stereocenters. The lowest BCUT2D eigenvalue weighted by Gasteiger charge is -2.18. The molecule has 0 spiro atoms. The van der Waals surface area contributed by atoms with Gasteiger partial charge in [0.2, 0.25) is 0 Å². The van der Waals surface area contributed by atoms with Gasteiger partial charge < -0.3 is 9.88 Å². The molecule has 1 aromatic rings. The fourth-order valence-electron chi connectivity index (χ4n) is 1.51. The molecule has 0 amide bonds. The van der Waals surface area contributed by atoms with Crippen molar-refractivity contribution >= 4 is 0 Å². The molecular weight excluding hydrogens is 174 g/mol. The number of hydrogen-bond acceptors (Lipinski definition) is 2. The Bertz CT molecular complexity index is 265. The number of nitrogens with one attached hydrogen (secondary N) is 1. The summed E-state index contributed by atoms with van der Waals surface area (Å²) in [6.45, 7) is 7.67. The largest absolute Gasteiger partial charge is 0.337 e. The lowest BCUT2D eigenvalue weighted by Crippen LogP contribution is -2.27. The van der Waals surface area contributed by atoms with Crippen LogP contribution in [-0.4, -0.2) is 16.1 Å². The van der Waals surface area contributed by atoms with Crippen LogP contribution in [0.25, 0.3) is 0 Å². The van der Waals surface area contributed by atoms with E-state index in [0.717, 1.165) is 18.8 Å². The van der Waals surface area contributed by atoms with Crippen molar-refractivity contribution in [3.05, 3.63) is 18.2 Å². The standard InChI is InChI=1S/C11H21N3/c1-5-10(13-8-9(2)3)11-12-6-7-14(11)4/h6-7,9-10,13H,5,8H2,1-4H3. The molecule has 0 aromatic carbocycles. The van der Waals surface area contributed by atoms with Crippen LogP contribution in [0.3, 0.4) is 0 Å². The van der Waals surface area contributed by atoms with Crippen LogP contribution in [0.2, 0.25) is 0 Å². The first-order chi connectivity index (χ1) is 6.65. The Morgan fingerprint density at radius 3 is 2.64 bits per heavy atom. The number of aryl methyl sites for hydroxylation is 1. The van der Waals surface area contributed by atoms with Crippen molar-refractivity contribution in [3.63, 3.8) is 0 Å². The molecule has 0 bridgehead atoms. The summed E-state index contributed by atoms with van der Waals surface area (Å²) < 4.78 is 2.08. The average molecular weight is 195 g/mol. The third kappa shape index (κ3) is 2.84. The molecule has 0 saturated heterocycles. The number of hydrogen-bond donors (Lipinski definition) is 1. The monoisotopic (exact) mass is 195 g/mol. The molecular formula is C11H21N3. The van der Waals surface area contributed by atoms with Gasteiger partial charge in [-0.1, -0.05) is 20.8 Å². The lowest BCUT2D eigenvalue weighted by molar-refractivity contribution is 0.441. The molecule has 1 rings (SSSR count). The molecule has 0 saturated carbocycles. The first-order valence-electron chi connectivity index (χ1n) is 5.35. The van der Waals surface area contributed by atoms with E-state index >= 15 is 0 Å². The van der Waals surface area contributed by atoms with Crippen LogP contribution >= 0.6 is 0 Å². The predicted molar refractivity (Wildman–Crippen MR) is 59.1 cm³/mol. The summed E-state index contributed by atoms with van der Waals surface area (Å²) in [5.74, 6) is 1.82. The molecule has 80 valence electrons. The number of aromatic nitrogens is 2. The first kappa shape index (κ1) is 11.2. The lowest BCUT2D eigenvalue weighted by atomic mass is 10.1. The summed E-state index contributed by atoms with van der Waals surface area (Å²) in [6, 6.07) is 0.386. The fourth-order valence-corrected chi connectivity index (χ4v) is 1.51. The quantitative estimate of drug-likeness (QED) is 0.780. The highest BCUT2D eigenvalue weighted by atomic mass is 15.1. The van der Waals surface area contributed by atoms with Crippen molar-refractivity contribution < 1.29 is 0 Å². The van der Waals surface area contributed by atoms with E-state index in [1.54, 1.807) is 0 Å². The van der Waals surface area contributed by atoms with Gasteiger partial charge in [0.15, 0.2) is 0 Å². The zero-order valence-corrected chi connectivity index (χ0v) is 9.62. The average Bonchev–Trinajstić information content (AvgIpc) is 2.53. The van der Waals surface area contributed by atoms with Gasteiger partial charge in [-0.25, -0.2) is 4.98 Å². The van der Waals surface area contributed by atoms with E-state index < -0.39 is 0 Å². The van der Waals surface area contributed by atoms with E-state index in [9.17, 15) is 0 Å². The molecule has 0 aliphatic heterocycles. The van der Waals surface area contributed by atoms with E-state index in [1.807, 2.05) is 19.4 Å². The Labute approximate surface area is 86.5 Å². The molecule has 0 fully saturated rings. The van der Waals surface area contributed by atoms with Crippen LogP contribution in [0.1, 0.15) is 39.1 Å². The van der Waals surface area contributed by atoms with E-state index in [-0.39, 0.29) is 0 Å². The maximum Gasteiger partial charge on any atom is 0.125 e. The van der Waals surface area contributed by atoms with Crippen molar-refractivity contribution in [2.24, 2.45) is 13.0 Å². The molecule has 1 N–H and O–H groups in total. The molecule has 1 heterocycles. The van der Waals surface area contributed by atoms with Crippen LogP contribution < -0.4 is 5.32 Å². The van der Waals surface area contributed by atoms with E-state index in [0.29, 0.717) is 12.0 Å². The van der Waals surface area contributed by atoms with E-state index in [2.05, 4.69) is 35.6 Å². The maximum atomic E-state index is 4.37. The molecule has 0 aliphatic carbocycles. The normalized spacial score (nSPS) is 13.5. The first-order valence-corrected chi connectivity index (χ1v) is 5.35. The second-order valence-corrected chi connectivity index (χ2v) is 4.16. The van der Waals surface area contributed by atoms with Crippen molar-refractivity contribution in [2.45, 2.75) is 33.2 Å². The molecule has 14 heavy (non-hydrogen) atoms. The van der Waals surface area contributed by atoms with Crippen molar-refractivity contribution in [1.82, 2.24) is 14.9 Å². The highest BCUT2D eigenvalue weighted by molar-refractivity contribution is 4.98. The second-order valence-electron chi connectivity index (χ2n) is 4.16. The molecule has 0 radical (unpaired) electrons. The zero-order chi connectivity index (χ0) is 10.6. The Balaban J connectivity index is 2.58. The summed E-state index contributed by atoms with van der Waals surface area (Å²) in [5, 5.41) is 3.53. The highest BCUT2D eigenvalue weighted by Crippen LogP contribution is 2.13. The zero-order valence-electron chi connectivity index (χ0n) is 9.62. The molecule has 1 atom stereocenters. The van der Waals surface area contributed by atoms with Gasteiger partial charge in [-0.2, -0.15) is 0 Å². The minimum atomic E-state index is 0.386. The minimum absolute atomic E-state index is 0.386. The summed E-state index contributed by atoms with van der Waals surface area (Å²) in [4.78, 5) is 4.37.